The number of carbonyl (C=O) groups is 1. The predicted octanol–water partition coefficient (Wildman–Crippen LogP) is 1.45. The largest absolute Gasteiger partial charge is 0.336 e. The van der Waals surface area contributed by atoms with Crippen molar-refractivity contribution in [2.45, 2.75) is 52.1 Å². The number of rotatable bonds is 6. The highest BCUT2D eigenvalue weighted by molar-refractivity contribution is 5.95. The first-order valence-electron chi connectivity index (χ1n) is 9.98. The molecule has 0 aliphatic carbocycles. The van der Waals surface area contributed by atoms with Gasteiger partial charge in [0.2, 0.25) is 0 Å². The van der Waals surface area contributed by atoms with Crippen LogP contribution in [-0.2, 0) is 19.1 Å². The fraction of sp³-hybridized carbons (Fsp3) is 0.737. The molecule has 1 aliphatic heterocycles. The molecule has 0 N–H and O–H groups in total. The van der Waals surface area contributed by atoms with Gasteiger partial charge in [-0.05, 0) is 56.6 Å². The minimum absolute atomic E-state index is 0.0257. The molecule has 0 aromatic carbocycles. The van der Waals surface area contributed by atoms with Gasteiger partial charge >= 0.3 is 0 Å². The average molecular weight is 389 g/mol. The van der Waals surface area contributed by atoms with E-state index in [-0.39, 0.29) is 5.91 Å². The lowest BCUT2D eigenvalue weighted by molar-refractivity contribution is 0.0256. The van der Waals surface area contributed by atoms with E-state index < -0.39 is 5.54 Å². The van der Waals surface area contributed by atoms with E-state index in [1.54, 1.807) is 10.9 Å². The van der Waals surface area contributed by atoms with Gasteiger partial charge in [0.15, 0.2) is 5.82 Å². The van der Waals surface area contributed by atoms with Crippen molar-refractivity contribution in [2.24, 2.45) is 13.0 Å². The number of tetrazole rings is 1. The molecule has 1 amide bonds. The average Bonchev–Trinajstić information content (AvgIpc) is 3.25. The highest BCUT2D eigenvalue weighted by atomic mass is 16.2. The third-order valence-electron chi connectivity index (χ3n) is 5.72. The van der Waals surface area contributed by atoms with Crippen LogP contribution in [0.25, 0.3) is 0 Å². The first-order chi connectivity index (χ1) is 13.2. The molecule has 9 nitrogen and oxygen atoms in total. The van der Waals surface area contributed by atoms with Gasteiger partial charge in [-0.25, -0.2) is 4.68 Å². The molecule has 1 unspecified atom stereocenters. The first-order valence-corrected chi connectivity index (χ1v) is 9.98. The van der Waals surface area contributed by atoms with Gasteiger partial charge in [-0.2, -0.15) is 5.10 Å². The number of carbonyl (C=O) groups excluding carboxylic acids is 1. The fourth-order valence-corrected chi connectivity index (χ4v) is 4.01. The Kier molecular flexibility index (Phi) is 5.83. The Hall–Kier alpha value is -2.29. The van der Waals surface area contributed by atoms with Crippen molar-refractivity contribution in [3.05, 3.63) is 23.3 Å². The maximum Gasteiger partial charge on any atom is 0.257 e. The molecule has 2 aromatic heterocycles. The molecular formula is C19H32N8O. The Morgan fingerprint density at radius 1 is 1.36 bits per heavy atom. The Morgan fingerprint density at radius 3 is 2.71 bits per heavy atom. The van der Waals surface area contributed by atoms with Crippen LogP contribution in [-0.4, -0.2) is 72.9 Å². The lowest BCUT2D eigenvalue weighted by atomic mass is 9.86. The smallest absolute Gasteiger partial charge is 0.257 e. The highest BCUT2D eigenvalue weighted by Gasteiger charge is 2.45. The van der Waals surface area contributed by atoms with Crippen molar-refractivity contribution in [3.63, 3.8) is 0 Å². The normalized spacial score (nSPS) is 20.4. The van der Waals surface area contributed by atoms with Crippen LogP contribution < -0.4 is 0 Å². The molecule has 1 atom stereocenters. The molecule has 0 bridgehead atoms. The molecule has 0 saturated carbocycles. The monoisotopic (exact) mass is 388 g/mol. The van der Waals surface area contributed by atoms with Crippen LogP contribution in [0.2, 0.25) is 0 Å². The molecule has 28 heavy (non-hydrogen) atoms. The van der Waals surface area contributed by atoms with E-state index in [9.17, 15) is 4.79 Å². The first kappa shape index (κ1) is 20.4. The number of likely N-dealkylation sites (tertiary alicyclic amines) is 1. The maximum absolute atomic E-state index is 13.2. The van der Waals surface area contributed by atoms with Gasteiger partial charge in [0, 0.05) is 32.9 Å². The van der Waals surface area contributed by atoms with E-state index in [4.69, 9.17) is 0 Å². The second-order valence-electron chi connectivity index (χ2n) is 8.47. The maximum atomic E-state index is 13.2. The SMILES string of the molecule is Cc1nn(C)cc1C(=O)N1CCCC(c2nnnn2CCC(C)C)(N(C)C)C1. The van der Waals surface area contributed by atoms with E-state index in [1.165, 1.54) is 0 Å². The Morgan fingerprint density at radius 2 is 2.11 bits per heavy atom. The van der Waals surface area contributed by atoms with Gasteiger partial charge in [0.1, 0.15) is 5.54 Å². The van der Waals surface area contributed by atoms with E-state index in [2.05, 4.69) is 39.4 Å². The summed E-state index contributed by atoms with van der Waals surface area (Å²) in [5.74, 6) is 1.45. The molecule has 1 fully saturated rings. The van der Waals surface area contributed by atoms with Crippen molar-refractivity contribution in [2.75, 3.05) is 27.2 Å². The number of aromatic nitrogens is 6. The zero-order valence-corrected chi connectivity index (χ0v) is 17.9. The summed E-state index contributed by atoms with van der Waals surface area (Å²) in [6.45, 7) is 8.35. The van der Waals surface area contributed by atoms with Gasteiger partial charge in [0.25, 0.3) is 5.91 Å². The summed E-state index contributed by atoms with van der Waals surface area (Å²) in [5.41, 5.74) is 1.02. The van der Waals surface area contributed by atoms with Crippen molar-refractivity contribution in [1.82, 2.24) is 39.8 Å². The zero-order valence-electron chi connectivity index (χ0n) is 17.9. The van der Waals surface area contributed by atoms with Gasteiger partial charge in [-0.3, -0.25) is 14.4 Å². The molecule has 1 saturated heterocycles. The third kappa shape index (κ3) is 3.80. The summed E-state index contributed by atoms with van der Waals surface area (Å²) < 4.78 is 3.61. The Labute approximate surface area is 166 Å². The molecule has 0 spiro atoms. The van der Waals surface area contributed by atoms with Crippen LogP contribution in [0.1, 0.15) is 55.0 Å². The number of nitrogens with zero attached hydrogens (tertiary/aromatic N) is 8. The molecule has 9 heteroatoms. The lowest BCUT2D eigenvalue weighted by Gasteiger charge is -2.45. The van der Waals surface area contributed by atoms with Crippen molar-refractivity contribution in [1.29, 1.82) is 0 Å². The van der Waals surface area contributed by atoms with Crippen molar-refractivity contribution < 1.29 is 4.79 Å². The number of piperidine rings is 1. The standard InChI is InChI=1S/C19H32N8O/c1-14(2)8-11-27-18(20-22-23-27)19(24(4)5)9-7-10-26(13-19)17(28)16-12-25(6)21-15(16)3/h12,14H,7-11,13H2,1-6H3. The van der Waals surface area contributed by atoms with E-state index in [0.29, 0.717) is 18.0 Å². The van der Waals surface area contributed by atoms with Crippen molar-refractivity contribution in [3.8, 4) is 0 Å². The molecular weight excluding hydrogens is 356 g/mol. The summed E-state index contributed by atoms with van der Waals surface area (Å²) in [6.07, 6.45) is 4.63. The minimum atomic E-state index is -0.398. The van der Waals surface area contributed by atoms with E-state index in [1.807, 2.05) is 37.6 Å². The van der Waals surface area contributed by atoms with Crippen molar-refractivity contribution >= 4 is 5.91 Å². The number of hydrogen-bond acceptors (Lipinski definition) is 6. The number of aryl methyl sites for hydroxylation is 3. The second kappa shape index (κ2) is 7.98. The van der Waals surface area contributed by atoms with E-state index >= 15 is 0 Å². The topological polar surface area (TPSA) is 85.0 Å². The Bertz CT molecular complexity index is 824. The lowest BCUT2D eigenvalue weighted by Crippen LogP contribution is -2.56. The van der Waals surface area contributed by atoms with Crippen LogP contribution in [0.4, 0.5) is 0 Å². The van der Waals surface area contributed by atoms with Gasteiger partial charge in [-0.15, -0.1) is 5.10 Å². The van der Waals surface area contributed by atoms with Crippen LogP contribution in [0.15, 0.2) is 6.20 Å². The summed E-state index contributed by atoms with van der Waals surface area (Å²) in [4.78, 5) is 17.3. The summed E-state index contributed by atoms with van der Waals surface area (Å²) in [6, 6.07) is 0. The molecule has 0 radical (unpaired) electrons. The van der Waals surface area contributed by atoms with E-state index in [0.717, 1.165) is 43.9 Å². The molecule has 3 heterocycles. The summed E-state index contributed by atoms with van der Waals surface area (Å²) in [7, 11) is 5.93. The second-order valence-corrected chi connectivity index (χ2v) is 8.47. The summed E-state index contributed by atoms with van der Waals surface area (Å²) in [5, 5.41) is 16.9. The minimum Gasteiger partial charge on any atom is -0.336 e. The number of amides is 1. The molecule has 2 aromatic rings. The van der Waals surface area contributed by atoms with Gasteiger partial charge < -0.3 is 4.90 Å². The number of hydrogen-bond donors (Lipinski definition) is 0. The molecule has 154 valence electrons. The van der Waals surface area contributed by atoms with Crippen LogP contribution in [0, 0.1) is 12.8 Å². The predicted molar refractivity (Wildman–Crippen MR) is 106 cm³/mol. The van der Waals surface area contributed by atoms with Crippen LogP contribution in [0.5, 0.6) is 0 Å². The molecule has 1 aliphatic rings. The van der Waals surface area contributed by atoms with Crippen LogP contribution in [0.3, 0.4) is 0 Å². The molecule has 3 rings (SSSR count). The Balaban J connectivity index is 1.90. The quantitative estimate of drug-likeness (QED) is 0.745. The third-order valence-corrected chi connectivity index (χ3v) is 5.72. The number of likely N-dealkylation sites (N-methyl/N-ethyl adjacent to an activating group) is 1. The zero-order chi connectivity index (χ0) is 20.5. The highest BCUT2D eigenvalue weighted by Crippen LogP contribution is 2.35. The summed E-state index contributed by atoms with van der Waals surface area (Å²) >= 11 is 0. The van der Waals surface area contributed by atoms with Crippen LogP contribution >= 0.6 is 0 Å². The van der Waals surface area contributed by atoms with Gasteiger partial charge in [-0.1, -0.05) is 13.8 Å². The fourth-order valence-electron chi connectivity index (χ4n) is 4.01. The van der Waals surface area contributed by atoms with Gasteiger partial charge in [0.05, 0.1) is 11.3 Å².